The summed E-state index contributed by atoms with van der Waals surface area (Å²) in [6, 6.07) is 10.2. The van der Waals surface area contributed by atoms with Gasteiger partial charge in [-0.3, -0.25) is 9.78 Å². The van der Waals surface area contributed by atoms with Gasteiger partial charge in [0.05, 0.1) is 0 Å². The molecule has 1 unspecified atom stereocenters. The van der Waals surface area contributed by atoms with Gasteiger partial charge in [-0.2, -0.15) is 0 Å². The van der Waals surface area contributed by atoms with Crippen LogP contribution in [0.25, 0.3) is 0 Å². The maximum absolute atomic E-state index is 12.8. The second kappa shape index (κ2) is 7.53. The molecule has 1 atom stereocenters. The Kier molecular flexibility index (Phi) is 5.43. The number of rotatable bonds is 6. The quantitative estimate of drug-likeness (QED) is 0.886. The molecule has 0 aliphatic heterocycles. The SMILES string of the molecule is CC(CC(=O)NCCc1ccc(F)cc1)c1cccnc1. The summed E-state index contributed by atoms with van der Waals surface area (Å²) in [6.07, 6.45) is 4.65. The van der Waals surface area contributed by atoms with Gasteiger partial charge in [-0.25, -0.2) is 4.39 Å². The number of hydrogen-bond donors (Lipinski definition) is 1. The van der Waals surface area contributed by atoms with Gasteiger partial charge in [-0.1, -0.05) is 25.1 Å². The highest BCUT2D eigenvalue weighted by atomic mass is 19.1. The van der Waals surface area contributed by atoms with Crippen molar-refractivity contribution >= 4 is 5.91 Å². The highest BCUT2D eigenvalue weighted by Crippen LogP contribution is 2.17. The van der Waals surface area contributed by atoms with Crippen LogP contribution in [-0.4, -0.2) is 17.4 Å². The van der Waals surface area contributed by atoms with Crippen LogP contribution in [0.1, 0.15) is 30.4 Å². The molecule has 2 rings (SSSR count). The van der Waals surface area contributed by atoms with Crippen molar-refractivity contribution in [3.05, 3.63) is 65.7 Å². The van der Waals surface area contributed by atoms with Crippen LogP contribution in [0.2, 0.25) is 0 Å². The van der Waals surface area contributed by atoms with Crippen molar-refractivity contribution in [3.63, 3.8) is 0 Å². The molecule has 3 nitrogen and oxygen atoms in total. The molecule has 4 heteroatoms. The lowest BCUT2D eigenvalue weighted by Crippen LogP contribution is -2.26. The fourth-order valence-corrected chi connectivity index (χ4v) is 2.13. The predicted molar refractivity (Wildman–Crippen MR) is 80.4 cm³/mol. The van der Waals surface area contributed by atoms with Gasteiger partial charge < -0.3 is 5.32 Å². The number of nitrogens with zero attached hydrogens (tertiary/aromatic N) is 1. The standard InChI is InChI=1S/C17H19FN2O/c1-13(15-3-2-9-19-12-15)11-17(21)20-10-8-14-4-6-16(18)7-5-14/h2-7,9,12-13H,8,10-11H2,1H3,(H,20,21). The summed E-state index contributed by atoms with van der Waals surface area (Å²) >= 11 is 0. The number of nitrogens with one attached hydrogen (secondary N) is 1. The van der Waals surface area contributed by atoms with Gasteiger partial charge in [0.1, 0.15) is 5.82 Å². The molecule has 0 aliphatic rings. The third kappa shape index (κ3) is 4.99. The van der Waals surface area contributed by atoms with E-state index in [0.717, 1.165) is 11.1 Å². The Morgan fingerprint density at radius 3 is 2.71 bits per heavy atom. The first-order chi connectivity index (χ1) is 10.1. The van der Waals surface area contributed by atoms with Crippen molar-refractivity contribution in [3.8, 4) is 0 Å². The van der Waals surface area contributed by atoms with Crippen molar-refractivity contribution in [2.45, 2.75) is 25.7 Å². The Labute approximate surface area is 124 Å². The third-order valence-corrected chi connectivity index (χ3v) is 3.39. The van der Waals surface area contributed by atoms with Gasteiger partial charge in [0.15, 0.2) is 0 Å². The van der Waals surface area contributed by atoms with E-state index in [1.165, 1.54) is 12.1 Å². The van der Waals surface area contributed by atoms with Crippen LogP contribution in [0.5, 0.6) is 0 Å². The molecule has 1 aromatic carbocycles. The fourth-order valence-electron chi connectivity index (χ4n) is 2.13. The highest BCUT2D eigenvalue weighted by Gasteiger charge is 2.10. The van der Waals surface area contributed by atoms with Gasteiger partial charge in [0.2, 0.25) is 5.91 Å². The summed E-state index contributed by atoms with van der Waals surface area (Å²) in [5, 5.41) is 2.89. The molecule has 110 valence electrons. The minimum absolute atomic E-state index is 0.0217. The van der Waals surface area contributed by atoms with E-state index in [4.69, 9.17) is 0 Å². The van der Waals surface area contributed by atoms with Crippen LogP contribution < -0.4 is 5.32 Å². The largest absolute Gasteiger partial charge is 0.356 e. The summed E-state index contributed by atoms with van der Waals surface area (Å²) < 4.78 is 12.8. The second-order valence-electron chi connectivity index (χ2n) is 5.12. The zero-order valence-electron chi connectivity index (χ0n) is 12.1. The lowest BCUT2D eigenvalue weighted by molar-refractivity contribution is -0.121. The molecular weight excluding hydrogens is 267 g/mol. The van der Waals surface area contributed by atoms with Crippen LogP contribution in [0.4, 0.5) is 4.39 Å². The van der Waals surface area contributed by atoms with Crippen LogP contribution in [-0.2, 0) is 11.2 Å². The maximum atomic E-state index is 12.8. The minimum atomic E-state index is -0.243. The molecule has 21 heavy (non-hydrogen) atoms. The summed E-state index contributed by atoms with van der Waals surface area (Å²) in [7, 11) is 0. The topological polar surface area (TPSA) is 42.0 Å². The van der Waals surface area contributed by atoms with E-state index < -0.39 is 0 Å². The van der Waals surface area contributed by atoms with Gasteiger partial charge in [0.25, 0.3) is 0 Å². The molecule has 1 N–H and O–H groups in total. The molecular formula is C17H19FN2O. The average Bonchev–Trinajstić information content (AvgIpc) is 2.50. The Morgan fingerprint density at radius 1 is 1.29 bits per heavy atom. The fraction of sp³-hybridized carbons (Fsp3) is 0.294. The molecule has 0 aliphatic carbocycles. The number of hydrogen-bond acceptors (Lipinski definition) is 2. The zero-order valence-corrected chi connectivity index (χ0v) is 12.1. The first kappa shape index (κ1) is 15.2. The number of pyridine rings is 1. The lowest BCUT2D eigenvalue weighted by Gasteiger charge is -2.11. The van der Waals surface area contributed by atoms with E-state index in [1.54, 1.807) is 24.5 Å². The van der Waals surface area contributed by atoms with Crippen LogP contribution in [0.3, 0.4) is 0 Å². The van der Waals surface area contributed by atoms with Gasteiger partial charge in [-0.05, 0) is 41.7 Å². The Balaban J connectivity index is 1.73. The van der Waals surface area contributed by atoms with Gasteiger partial charge in [0, 0.05) is 25.4 Å². The van der Waals surface area contributed by atoms with E-state index in [1.807, 2.05) is 19.1 Å². The van der Waals surface area contributed by atoms with E-state index in [2.05, 4.69) is 10.3 Å². The van der Waals surface area contributed by atoms with Crippen LogP contribution in [0, 0.1) is 5.82 Å². The number of carbonyl (C=O) groups is 1. The Morgan fingerprint density at radius 2 is 2.05 bits per heavy atom. The molecule has 0 bridgehead atoms. The number of carbonyl (C=O) groups excluding carboxylic acids is 1. The monoisotopic (exact) mass is 286 g/mol. The summed E-state index contributed by atoms with van der Waals surface area (Å²) in [6.45, 7) is 2.57. The summed E-state index contributed by atoms with van der Waals surface area (Å²) in [4.78, 5) is 15.9. The molecule has 0 radical (unpaired) electrons. The van der Waals surface area contributed by atoms with Crippen LogP contribution in [0.15, 0.2) is 48.8 Å². The first-order valence-corrected chi connectivity index (χ1v) is 7.06. The smallest absolute Gasteiger partial charge is 0.220 e. The molecule has 0 fully saturated rings. The van der Waals surface area contributed by atoms with Gasteiger partial charge in [-0.15, -0.1) is 0 Å². The predicted octanol–water partition coefficient (Wildman–Crippen LogP) is 3.07. The molecule has 1 aromatic heterocycles. The third-order valence-electron chi connectivity index (χ3n) is 3.39. The normalized spacial score (nSPS) is 11.9. The maximum Gasteiger partial charge on any atom is 0.220 e. The van der Waals surface area contributed by atoms with Crippen molar-refractivity contribution in [1.82, 2.24) is 10.3 Å². The number of aromatic nitrogens is 1. The van der Waals surface area contributed by atoms with Crippen LogP contribution >= 0.6 is 0 Å². The lowest BCUT2D eigenvalue weighted by atomic mass is 9.99. The summed E-state index contributed by atoms with van der Waals surface area (Å²) in [5.74, 6) is -0.0777. The Bertz CT molecular complexity index is 569. The molecule has 0 saturated heterocycles. The first-order valence-electron chi connectivity index (χ1n) is 7.06. The molecule has 1 amide bonds. The zero-order chi connectivity index (χ0) is 15.1. The molecule has 2 aromatic rings. The second-order valence-corrected chi connectivity index (χ2v) is 5.12. The molecule has 1 heterocycles. The molecule has 0 saturated carbocycles. The van der Waals surface area contributed by atoms with E-state index in [9.17, 15) is 9.18 Å². The Hall–Kier alpha value is -2.23. The van der Waals surface area contributed by atoms with Crippen molar-refractivity contribution in [1.29, 1.82) is 0 Å². The number of benzene rings is 1. The highest BCUT2D eigenvalue weighted by molar-refractivity contribution is 5.76. The van der Waals surface area contributed by atoms with Crippen molar-refractivity contribution < 1.29 is 9.18 Å². The number of halogens is 1. The van der Waals surface area contributed by atoms with Crippen molar-refractivity contribution in [2.75, 3.05) is 6.54 Å². The minimum Gasteiger partial charge on any atom is -0.356 e. The summed E-state index contributed by atoms with van der Waals surface area (Å²) in [5.41, 5.74) is 2.07. The van der Waals surface area contributed by atoms with E-state index in [-0.39, 0.29) is 17.6 Å². The van der Waals surface area contributed by atoms with E-state index >= 15 is 0 Å². The average molecular weight is 286 g/mol. The van der Waals surface area contributed by atoms with Crippen molar-refractivity contribution in [2.24, 2.45) is 0 Å². The van der Waals surface area contributed by atoms with E-state index in [0.29, 0.717) is 19.4 Å². The molecule has 0 spiro atoms. The van der Waals surface area contributed by atoms with Gasteiger partial charge >= 0.3 is 0 Å². The number of amides is 1.